The van der Waals surface area contributed by atoms with Crippen molar-refractivity contribution >= 4 is 15.8 Å². The molecule has 0 bridgehead atoms. The molecule has 0 saturated heterocycles. The maximum Gasteiger partial charge on any atom is 0.230 e. The largest absolute Gasteiger partial charge is 0.489 e. The van der Waals surface area contributed by atoms with Crippen LogP contribution in [0.5, 0.6) is 5.75 Å². The molecule has 88 valence electrons. The van der Waals surface area contributed by atoms with Gasteiger partial charge in [0.2, 0.25) is 10.0 Å². The van der Waals surface area contributed by atoms with E-state index in [-0.39, 0.29) is 0 Å². The quantitative estimate of drug-likeness (QED) is 0.864. The normalized spacial score (nSPS) is 15.9. The lowest BCUT2D eigenvalue weighted by Gasteiger charge is -2.09. The number of hydrogen-bond acceptors (Lipinski definition) is 4. The van der Waals surface area contributed by atoms with Crippen molar-refractivity contribution in [3.8, 4) is 5.75 Å². The van der Waals surface area contributed by atoms with E-state index < -0.39 is 10.0 Å². The molecule has 0 aliphatic heterocycles. The number of nitrogens with one attached hydrogen (secondary N) is 1. The monoisotopic (exact) mass is 242 g/mol. The fourth-order valence-corrected chi connectivity index (χ4v) is 1.84. The molecule has 1 heterocycles. The summed E-state index contributed by atoms with van der Waals surface area (Å²) in [5.41, 5.74) is 0.753. The standard InChI is InChI=1S/C10H14N2O3S/c1-7-5-9(15-8-3-4-8)6-11-10(7)12-16(2,13)14/h5-6,8H,3-4H2,1-2H3,(H,11,12). The lowest BCUT2D eigenvalue weighted by molar-refractivity contribution is 0.302. The van der Waals surface area contributed by atoms with E-state index in [1.54, 1.807) is 19.2 Å². The first-order valence-electron chi connectivity index (χ1n) is 5.05. The molecule has 0 unspecified atom stereocenters. The number of pyridine rings is 1. The maximum absolute atomic E-state index is 11.0. The van der Waals surface area contributed by atoms with Crippen molar-refractivity contribution in [1.82, 2.24) is 4.98 Å². The number of ether oxygens (including phenoxy) is 1. The summed E-state index contributed by atoms with van der Waals surface area (Å²) in [7, 11) is -3.28. The predicted molar refractivity (Wildman–Crippen MR) is 61.1 cm³/mol. The van der Waals surface area contributed by atoms with Crippen LogP contribution in [0.25, 0.3) is 0 Å². The van der Waals surface area contributed by atoms with Crippen molar-refractivity contribution in [2.24, 2.45) is 0 Å². The molecule has 1 aliphatic rings. The Hall–Kier alpha value is -1.30. The van der Waals surface area contributed by atoms with E-state index in [0.29, 0.717) is 17.7 Å². The third-order valence-electron chi connectivity index (χ3n) is 2.16. The van der Waals surface area contributed by atoms with Gasteiger partial charge in [-0.25, -0.2) is 13.4 Å². The van der Waals surface area contributed by atoms with Crippen LogP contribution in [0.15, 0.2) is 12.3 Å². The molecule has 6 heteroatoms. The highest BCUT2D eigenvalue weighted by atomic mass is 32.2. The van der Waals surface area contributed by atoms with E-state index >= 15 is 0 Å². The summed E-state index contributed by atoms with van der Waals surface area (Å²) >= 11 is 0. The molecule has 2 rings (SSSR count). The molecule has 1 N–H and O–H groups in total. The Bertz CT molecular complexity index is 495. The molecule has 5 nitrogen and oxygen atoms in total. The summed E-state index contributed by atoms with van der Waals surface area (Å²) in [6.07, 6.45) is 5.13. The zero-order chi connectivity index (χ0) is 11.8. The third-order valence-corrected chi connectivity index (χ3v) is 2.73. The van der Waals surface area contributed by atoms with E-state index in [1.807, 2.05) is 0 Å². The number of rotatable bonds is 4. The highest BCUT2D eigenvalue weighted by molar-refractivity contribution is 7.92. The second-order valence-electron chi connectivity index (χ2n) is 4.03. The minimum atomic E-state index is -3.28. The summed E-state index contributed by atoms with van der Waals surface area (Å²) < 4.78 is 30.0. The van der Waals surface area contributed by atoms with Gasteiger partial charge in [-0.3, -0.25) is 4.72 Å². The zero-order valence-electron chi connectivity index (χ0n) is 9.23. The van der Waals surface area contributed by atoms with Crippen LogP contribution < -0.4 is 9.46 Å². The third kappa shape index (κ3) is 3.10. The molecule has 1 saturated carbocycles. The number of anilines is 1. The van der Waals surface area contributed by atoms with Crippen molar-refractivity contribution in [2.75, 3.05) is 11.0 Å². The van der Waals surface area contributed by atoms with Crippen LogP contribution >= 0.6 is 0 Å². The van der Waals surface area contributed by atoms with Gasteiger partial charge in [0.05, 0.1) is 18.6 Å². The fraction of sp³-hybridized carbons (Fsp3) is 0.500. The molecule has 16 heavy (non-hydrogen) atoms. The van der Waals surface area contributed by atoms with Crippen molar-refractivity contribution in [3.05, 3.63) is 17.8 Å². The van der Waals surface area contributed by atoms with Crippen molar-refractivity contribution in [2.45, 2.75) is 25.9 Å². The summed E-state index contributed by atoms with van der Waals surface area (Å²) in [5.74, 6) is 1.05. The van der Waals surface area contributed by atoms with E-state index in [1.165, 1.54) is 0 Å². The van der Waals surface area contributed by atoms with Gasteiger partial charge in [0.15, 0.2) is 0 Å². The van der Waals surface area contributed by atoms with Gasteiger partial charge in [-0.1, -0.05) is 0 Å². The molecule has 0 aromatic carbocycles. The topological polar surface area (TPSA) is 68.3 Å². The SMILES string of the molecule is Cc1cc(OC2CC2)cnc1NS(C)(=O)=O. The van der Waals surface area contributed by atoms with Gasteiger partial charge in [0.1, 0.15) is 11.6 Å². The average molecular weight is 242 g/mol. The average Bonchev–Trinajstić information content (AvgIpc) is 2.92. The molecule has 1 aromatic heterocycles. The van der Waals surface area contributed by atoms with Gasteiger partial charge < -0.3 is 4.74 Å². The number of sulfonamides is 1. The van der Waals surface area contributed by atoms with Crippen LogP contribution in [0.4, 0.5) is 5.82 Å². The van der Waals surface area contributed by atoms with Crippen molar-refractivity contribution < 1.29 is 13.2 Å². The van der Waals surface area contributed by atoms with E-state index in [4.69, 9.17) is 4.74 Å². The van der Waals surface area contributed by atoms with Gasteiger partial charge in [-0.05, 0) is 31.4 Å². The first kappa shape index (κ1) is 11.2. The first-order chi connectivity index (χ1) is 7.44. The smallest absolute Gasteiger partial charge is 0.230 e. The van der Waals surface area contributed by atoms with Gasteiger partial charge in [0.25, 0.3) is 0 Å². The van der Waals surface area contributed by atoms with Crippen molar-refractivity contribution in [1.29, 1.82) is 0 Å². The second-order valence-corrected chi connectivity index (χ2v) is 5.78. The zero-order valence-corrected chi connectivity index (χ0v) is 10.0. The highest BCUT2D eigenvalue weighted by Gasteiger charge is 2.23. The molecular formula is C10H14N2O3S. The summed E-state index contributed by atoms with van der Waals surface area (Å²) in [4.78, 5) is 4.03. The van der Waals surface area contributed by atoms with Crippen LogP contribution in [0.1, 0.15) is 18.4 Å². The van der Waals surface area contributed by atoms with E-state index in [9.17, 15) is 8.42 Å². The number of hydrogen-bond donors (Lipinski definition) is 1. The van der Waals surface area contributed by atoms with E-state index in [2.05, 4.69) is 9.71 Å². The molecule has 0 atom stereocenters. The Morgan fingerprint density at radius 2 is 2.19 bits per heavy atom. The molecule has 0 amide bonds. The molecule has 0 radical (unpaired) electrons. The van der Waals surface area contributed by atoms with Gasteiger partial charge >= 0.3 is 0 Å². The Morgan fingerprint density at radius 1 is 1.50 bits per heavy atom. The fourth-order valence-electron chi connectivity index (χ4n) is 1.27. The van der Waals surface area contributed by atoms with Gasteiger partial charge in [0, 0.05) is 0 Å². The minimum Gasteiger partial charge on any atom is -0.489 e. The molecule has 1 fully saturated rings. The number of nitrogens with zero attached hydrogens (tertiary/aromatic N) is 1. The predicted octanol–water partition coefficient (Wildman–Crippen LogP) is 1.30. The molecule has 1 aromatic rings. The minimum absolute atomic E-state index is 0.315. The number of aromatic nitrogens is 1. The highest BCUT2D eigenvalue weighted by Crippen LogP contribution is 2.27. The van der Waals surface area contributed by atoms with Crippen LogP contribution in [0.3, 0.4) is 0 Å². The molecule has 1 aliphatic carbocycles. The molecular weight excluding hydrogens is 228 g/mol. The first-order valence-corrected chi connectivity index (χ1v) is 6.94. The Balaban J connectivity index is 2.15. The van der Waals surface area contributed by atoms with Crippen LogP contribution in [0.2, 0.25) is 0 Å². The summed E-state index contributed by atoms with van der Waals surface area (Å²) in [6, 6.07) is 1.79. The van der Waals surface area contributed by atoms with Gasteiger partial charge in [-0.2, -0.15) is 0 Å². The van der Waals surface area contributed by atoms with Gasteiger partial charge in [-0.15, -0.1) is 0 Å². The Labute approximate surface area is 94.9 Å². The van der Waals surface area contributed by atoms with E-state index in [0.717, 1.165) is 24.7 Å². The van der Waals surface area contributed by atoms with Crippen LogP contribution in [0, 0.1) is 6.92 Å². The number of aryl methyl sites for hydroxylation is 1. The second kappa shape index (κ2) is 3.93. The summed E-state index contributed by atoms with van der Waals surface area (Å²) in [6.45, 7) is 1.79. The van der Waals surface area contributed by atoms with Crippen LogP contribution in [-0.4, -0.2) is 25.8 Å². The Kier molecular flexibility index (Phi) is 2.75. The lowest BCUT2D eigenvalue weighted by atomic mass is 10.3. The maximum atomic E-state index is 11.0. The Morgan fingerprint density at radius 3 is 2.69 bits per heavy atom. The van der Waals surface area contributed by atoms with Crippen molar-refractivity contribution in [3.63, 3.8) is 0 Å². The lowest BCUT2D eigenvalue weighted by Crippen LogP contribution is -2.12. The van der Waals surface area contributed by atoms with Crippen LogP contribution in [-0.2, 0) is 10.0 Å². The summed E-state index contributed by atoms with van der Waals surface area (Å²) in [5, 5.41) is 0. The molecule has 0 spiro atoms.